The summed E-state index contributed by atoms with van der Waals surface area (Å²) in [4.78, 5) is 23.4. The summed E-state index contributed by atoms with van der Waals surface area (Å²) >= 11 is 0. The zero-order chi connectivity index (χ0) is 13.7. The molecule has 0 aromatic carbocycles. The Kier molecular flexibility index (Phi) is 4.83. The second-order valence-corrected chi connectivity index (χ2v) is 6.24. The van der Waals surface area contributed by atoms with E-state index in [2.05, 4.69) is 5.32 Å². The highest BCUT2D eigenvalue weighted by atomic mass is 16.4. The van der Waals surface area contributed by atoms with Crippen molar-refractivity contribution in [2.45, 2.75) is 76.2 Å². The summed E-state index contributed by atoms with van der Waals surface area (Å²) < 4.78 is 0. The standard InChI is InChI=1S/C15H25NO3/c17-13(18)11-15(9-5-2-6-10-15)16-14(19)12-7-3-1-4-8-12/h12H,1-11H2,(H,16,19)(H,17,18). The van der Waals surface area contributed by atoms with Gasteiger partial charge in [0.2, 0.25) is 5.91 Å². The average Bonchev–Trinajstić information content (AvgIpc) is 2.39. The van der Waals surface area contributed by atoms with Gasteiger partial charge in [-0.25, -0.2) is 0 Å². The van der Waals surface area contributed by atoms with Gasteiger partial charge in [-0.1, -0.05) is 38.5 Å². The van der Waals surface area contributed by atoms with Crippen LogP contribution in [0, 0.1) is 5.92 Å². The molecule has 2 rings (SSSR count). The first-order valence-corrected chi connectivity index (χ1v) is 7.65. The summed E-state index contributed by atoms with van der Waals surface area (Å²) in [6.45, 7) is 0. The summed E-state index contributed by atoms with van der Waals surface area (Å²) in [7, 11) is 0. The van der Waals surface area contributed by atoms with E-state index in [0.29, 0.717) is 0 Å². The predicted molar refractivity (Wildman–Crippen MR) is 72.8 cm³/mol. The predicted octanol–water partition coefficient (Wildman–Crippen LogP) is 2.86. The van der Waals surface area contributed by atoms with Gasteiger partial charge in [0.25, 0.3) is 0 Å². The smallest absolute Gasteiger partial charge is 0.305 e. The van der Waals surface area contributed by atoms with Crippen molar-refractivity contribution in [1.82, 2.24) is 5.32 Å². The van der Waals surface area contributed by atoms with Gasteiger partial charge in [-0.2, -0.15) is 0 Å². The molecule has 0 bridgehead atoms. The molecule has 1 amide bonds. The number of carbonyl (C=O) groups is 2. The van der Waals surface area contributed by atoms with E-state index in [1.165, 1.54) is 6.42 Å². The molecule has 0 radical (unpaired) electrons. The molecule has 19 heavy (non-hydrogen) atoms. The number of aliphatic carboxylic acids is 1. The molecule has 2 aliphatic rings. The highest BCUT2D eigenvalue weighted by Crippen LogP contribution is 2.32. The van der Waals surface area contributed by atoms with E-state index in [0.717, 1.165) is 57.8 Å². The van der Waals surface area contributed by atoms with E-state index in [1.54, 1.807) is 0 Å². The molecule has 4 heteroatoms. The van der Waals surface area contributed by atoms with Crippen molar-refractivity contribution in [3.05, 3.63) is 0 Å². The van der Waals surface area contributed by atoms with Crippen LogP contribution in [0.4, 0.5) is 0 Å². The first kappa shape index (κ1) is 14.4. The second-order valence-electron chi connectivity index (χ2n) is 6.24. The number of carboxylic acid groups (broad SMARTS) is 1. The maximum atomic E-state index is 12.3. The summed E-state index contributed by atoms with van der Waals surface area (Å²) in [6, 6.07) is 0. The zero-order valence-electron chi connectivity index (χ0n) is 11.6. The lowest BCUT2D eigenvalue weighted by Crippen LogP contribution is -2.53. The normalized spacial score (nSPS) is 23.8. The molecular formula is C15H25NO3. The first-order chi connectivity index (χ1) is 9.11. The average molecular weight is 267 g/mol. The van der Waals surface area contributed by atoms with Crippen molar-refractivity contribution in [1.29, 1.82) is 0 Å². The third-order valence-electron chi connectivity index (χ3n) is 4.66. The van der Waals surface area contributed by atoms with Crippen LogP contribution in [0.5, 0.6) is 0 Å². The molecule has 2 N–H and O–H groups in total. The van der Waals surface area contributed by atoms with Gasteiger partial charge in [0, 0.05) is 5.92 Å². The van der Waals surface area contributed by atoms with Crippen molar-refractivity contribution in [3.63, 3.8) is 0 Å². The van der Waals surface area contributed by atoms with Crippen LogP contribution in [0.2, 0.25) is 0 Å². The van der Waals surface area contributed by atoms with Gasteiger partial charge < -0.3 is 10.4 Å². The van der Waals surface area contributed by atoms with E-state index >= 15 is 0 Å². The Morgan fingerprint density at radius 1 is 1.00 bits per heavy atom. The van der Waals surface area contributed by atoms with Crippen molar-refractivity contribution in [2.75, 3.05) is 0 Å². The van der Waals surface area contributed by atoms with Crippen LogP contribution in [0.25, 0.3) is 0 Å². The van der Waals surface area contributed by atoms with E-state index < -0.39 is 11.5 Å². The minimum absolute atomic E-state index is 0.0749. The Hall–Kier alpha value is -1.06. The molecule has 2 saturated carbocycles. The molecule has 108 valence electrons. The van der Waals surface area contributed by atoms with Gasteiger partial charge >= 0.3 is 5.97 Å². The molecule has 2 aliphatic carbocycles. The molecular weight excluding hydrogens is 242 g/mol. The number of carboxylic acids is 1. The van der Waals surface area contributed by atoms with Crippen molar-refractivity contribution in [3.8, 4) is 0 Å². The van der Waals surface area contributed by atoms with Gasteiger partial charge in [-0.15, -0.1) is 0 Å². The summed E-state index contributed by atoms with van der Waals surface area (Å²) in [5.41, 5.74) is -0.474. The fourth-order valence-corrected chi connectivity index (χ4v) is 3.59. The molecule has 0 aliphatic heterocycles. The monoisotopic (exact) mass is 267 g/mol. The molecule has 0 aromatic rings. The number of nitrogens with one attached hydrogen (secondary N) is 1. The van der Waals surface area contributed by atoms with E-state index in [4.69, 9.17) is 5.11 Å². The van der Waals surface area contributed by atoms with Crippen LogP contribution in [-0.2, 0) is 9.59 Å². The topological polar surface area (TPSA) is 66.4 Å². The SMILES string of the molecule is O=C(O)CC1(NC(=O)C2CCCCC2)CCCCC1. The third kappa shape index (κ3) is 3.95. The van der Waals surface area contributed by atoms with Crippen molar-refractivity contribution < 1.29 is 14.7 Å². The lowest BCUT2D eigenvalue weighted by Gasteiger charge is -2.38. The van der Waals surface area contributed by atoms with Crippen LogP contribution in [-0.4, -0.2) is 22.5 Å². The largest absolute Gasteiger partial charge is 0.481 e. The highest BCUT2D eigenvalue weighted by Gasteiger charge is 2.37. The maximum Gasteiger partial charge on any atom is 0.305 e. The Bertz CT molecular complexity index is 328. The summed E-state index contributed by atoms with van der Waals surface area (Å²) in [5, 5.41) is 12.2. The molecule has 0 atom stereocenters. The lowest BCUT2D eigenvalue weighted by atomic mass is 9.78. The van der Waals surface area contributed by atoms with Crippen molar-refractivity contribution >= 4 is 11.9 Å². The second kappa shape index (κ2) is 6.40. The van der Waals surface area contributed by atoms with Gasteiger partial charge in [0.1, 0.15) is 0 Å². The number of carbonyl (C=O) groups excluding carboxylic acids is 1. The molecule has 0 spiro atoms. The molecule has 0 unspecified atom stereocenters. The van der Waals surface area contributed by atoms with Gasteiger partial charge in [0.15, 0.2) is 0 Å². The number of amides is 1. The van der Waals surface area contributed by atoms with Crippen LogP contribution in [0.15, 0.2) is 0 Å². The van der Waals surface area contributed by atoms with Gasteiger partial charge in [0.05, 0.1) is 12.0 Å². The van der Waals surface area contributed by atoms with Crippen LogP contribution >= 0.6 is 0 Å². The van der Waals surface area contributed by atoms with Gasteiger partial charge in [-0.05, 0) is 25.7 Å². The van der Waals surface area contributed by atoms with E-state index in [-0.39, 0.29) is 18.2 Å². The third-order valence-corrected chi connectivity index (χ3v) is 4.66. The maximum absolute atomic E-state index is 12.3. The van der Waals surface area contributed by atoms with E-state index in [1.807, 2.05) is 0 Å². The quantitative estimate of drug-likeness (QED) is 0.823. The zero-order valence-corrected chi connectivity index (χ0v) is 11.6. The van der Waals surface area contributed by atoms with Gasteiger partial charge in [-0.3, -0.25) is 9.59 Å². The Morgan fingerprint density at radius 2 is 1.58 bits per heavy atom. The fraction of sp³-hybridized carbons (Fsp3) is 0.867. The molecule has 0 heterocycles. The minimum Gasteiger partial charge on any atom is -0.481 e. The Labute approximate surface area is 115 Å². The summed E-state index contributed by atoms with van der Waals surface area (Å²) in [6.07, 6.45) is 10.3. The lowest BCUT2D eigenvalue weighted by molar-refractivity contribution is -0.140. The molecule has 2 fully saturated rings. The summed E-state index contributed by atoms with van der Waals surface area (Å²) in [5.74, 6) is -0.588. The minimum atomic E-state index is -0.800. The molecule has 0 aromatic heterocycles. The number of hydrogen-bond acceptors (Lipinski definition) is 2. The first-order valence-electron chi connectivity index (χ1n) is 7.65. The Balaban J connectivity index is 1.98. The Morgan fingerprint density at radius 3 is 2.16 bits per heavy atom. The number of rotatable bonds is 4. The van der Waals surface area contributed by atoms with Crippen LogP contribution < -0.4 is 5.32 Å². The number of hydrogen-bond donors (Lipinski definition) is 2. The fourth-order valence-electron chi connectivity index (χ4n) is 3.59. The highest BCUT2D eigenvalue weighted by molar-refractivity contribution is 5.80. The van der Waals surface area contributed by atoms with Crippen molar-refractivity contribution in [2.24, 2.45) is 5.92 Å². The van der Waals surface area contributed by atoms with E-state index in [9.17, 15) is 9.59 Å². The van der Waals surface area contributed by atoms with Crippen LogP contribution in [0.3, 0.4) is 0 Å². The molecule has 0 saturated heterocycles. The molecule has 4 nitrogen and oxygen atoms in total. The van der Waals surface area contributed by atoms with Crippen LogP contribution in [0.1, 0.15) is 70.6 Å².